The number of aromatic nitrogens is 3. The van der Waals surface area contributed by atoms with Gasteiger partial charge in [0.15, 0.2) is 0 Å². The third-order valence-electron chi connectivity index (χ3n) is 2.73. The van der Waals surface area contributed by atoms with Crippen LogP contribution in [0, 0.1) is 6.92 Å². The number of hydrogen-bond donors (Lipinski definition) is 0. The topological polar surface area (TPSA) is 47.9 Å². The van der Waals surface area contributed by atoms with Gasteiger partial charge in [-0.15, -0.1) is 0 Å². The van der Waals surface area contributed by atoms with Crippen LogP contribution in [0.3, 0.4) is 0 Å². The average molecular weight is 313 g/mol. The van der Waals surface area contributed by atoms with E-state index in [1.807, 2.05) is 43.3 Å². The summed E-state index contributed by atoms with van der Waals surface area (Å²) in [5.41, 5.74) is 2.84. The number of benzene rings is 1. The molecule has 5 heteroatoms. The second-order valence-electron chi connectivity index (χ2n) is 4.19. The molecule has 0 aliphatic rings. The molecule has 0 saturated carbocycles. The van der Waals surface area contributed by atoms with Crippen LogP contribution in [-0.4, -0.2) is 31.8 Å². The summed E-state index contributed by atoms with van der Waals surface area (Å²) in [5.74, 6) is 1.34. The van der Waals surface area contributed by atoms with Crippen LogP contribution in [0.25, 0.3) is 11.0 Å². The van der Waals surface area contributed by atoms with Crippen molar-refractivity contribution in [1.29, 1.82) is 0 Å². The minimum atomic E-state index is 0.560. The first-order chi connectivity index (χ1) is 9.22. The number of nitrogens with zero attached hydrogens (tertiary/aromatic N) is 3. The first-order valence-corrected chi connectivity index (χ1v) is 7.05. The molecule has 1 atom stereocenters. The van der Waals surface area contributed by atoms with E-state index in [1.54, 1.807) is 6.33 Å². The molecule has 94 valence electrons. The number of aryl methyl sites for hydroxylation is 1. The second-order valence-corrected chi connectivity index (χ2v) is 5.34. The van der Waals surface area contributed by atoms with E-state index in [-0.39, 0.29) is 0 Å². The Morgan fingerprint density at radius 1 is 1.00 bits per heavy atom. The summed E-state index contributed by atoms with van der Waals surface area (Å²) in [7, 11) is 0. The first kappa shape index (κ1) is 12.1. The number of hydrogen-bond acceptors (Lipinski definition) is 4. The monoisotopic (exact) mass is 313 g/mol. The zero-order valence-corrected chi connectivity index (χ0v) is 12.8. The molecule has 1 unspecified atom stereocenters. The van der Waals surface area contributed by atoms with Gasteiger partial charge in [-0.25, -0.2) is 0 Å². The minimum absolute atomic E-state index is 0.560. The van der Waals surface area contributed by atoms with Crippen LogP contribution < -0.4 is 9.22 Å². The number of pyridine rings is 1. The van der Waals surface area contributed by atoms with Gasteiger partial charge in [0.25, 0.3) is 0 Å². The van der Waals surface area contributed by atoms with Crippen LogP contribution in [0.1, 0.15) is 5.56 Å². The van der Waals surface area contributed by atoms with Crippen LogP contribution in [0.4, 0.5) is 0 Å². The SMILES string of the molecule is Cc1ccc(Oc2ccc3ncnc([AsH2])c3n2)cc1. The maximum atomic E-state index is 5.74. The van der Waals surface area contributed by atoms with Crippen LogP contribution >= 0.6 is 0 Å². The van der Waals surface area contributed by atoms with Crippen molar-refractivity contribution in [3.63, 3.8) is 0 Å². The fourth-order valence-corrected chi connectivity index (χ4v) is 2.31. The molecule has 0 aliphatic carbocycles. The third-order valence-corrected chi connectivity index (χ3v) is 3.61. The summed E-state index contributed by atoms with van der Waals surface area (Å²) in [6.07, 6.45) is 1.56. The predicted molar refractivity (Wildman–Crippen MR) is 76.8 cm³/mol. The van der Waals surface area contributed by atoms with Crippen molar-refractivity contribution < 1.29 is 4.74 Å². The molecule has 3 aromatic rings. The Morgan fingerprint density at radius 3 is 2.58 bits per heavy atom. The second kappa shape index (κ2) is 4.98. The number of fused-ring (bicyclic) bond motifs is 1. The van der Waals surface area contributed by atoms with E-state index >= 15 is 0 Å². The third kappa shape index (κ3) is 2.59. The van der Waals surface area contributed by atoms with Crippen molar-refractivity contribution in [3.05, 3.63) is 48.3 Å². The molecule has 2 heterocycles. The predicted octanol–water partition coefficient (Wildman–Crippen LogP) is 1.38. The number of rotatable bonds is 2. The van der Waals surface area contributed by atoms with E-state index < -0.39 is 0 Å². The Hall–Kier alpha value is -1.93. The van der Waals surface area contributed by atoms with E-state index in [4.69, 9.17) is 4.74 Å². The molecule has 0 bridgehead atoms. The quantitative estimate of drug-likeness (QED) is 0.671. The van der Waals surface area contributed by atoms with Crippen LogP contribution in [0.5, 0.6) is 11.6 Å². The molecule has 0 spiro atoms. The van der Waals surface area contributed by atoms with Gasteiger partial charge in [-0.1, -0.05) is 0 Å². The Bertz CT molecular complexity index is 728. The van der Waals surface area contributed by atoms with Crippen molar-refractivity contribution in [3.8, 4) is 11.6 Å². The summed E-state index contributed by atoms with van der Waals surface area (Å²) >= 11 is 1.43. The standard InChI is InChI=1S/C14H12AsN3O/c1-9-2-4-10(5-3-9)19-12-7-6-11-13(18-12)14(15)17-8-16-11/h2-8H,15H2,1H3. The van der Waals surface area contributed by atoms with Gasteiger partial charge >= 0.3 is 119 Å². The fraction of sp³-hybridized carbons (Fsp3) is 0.0714. The molecule has 3 rings (SSSR count). The molecule has 1 aromatic carbocycles. The summed E-state index contributed by atoms with van der Waals surface area (Å²) < 4.78 is 6.65. The van der Waals surface area contributed by atoms with Gasteiger partial charge in [-0.05, 0) is 0 Å². The summed E-state index contributed by atoms with van der Waals surface area (Å²) in [6.45, 7) is 2.04. The summed E-state index contributed by atoms with van der Waals surface area (Å²) in [6, 6.07) is 11.6. The van der Waals surface area contributed by atoms with Gasteiger partial charge in [0.05, 0.1) is 0 Å². The van der Waals surface area contributed by atoms with E-state index in [1.165, 1.54) is 22.4 Å². The Balaban J connectivity index is 1.97. The molecule has 4 nitrogen and oxygen atoms in total. The van der Waals surface area contributed by atoms with Gasteiger partial charge in [-0.2, -0.15) is 0 Å². The van der Waals surface area contributed by atoms with Crippen molar-refractivity contribution in [2.24, 2.45) is 0 Å². The molecule has 0 fully saturated rings. The zero-order chi connectivity index (χ0) is 13.2. The van der Waals surface area contributed by atoms with Crippen LogP contribution in [-0.2, 0) is 0 Å². The fourth-order valence-electron chi connectivity index (χ4n) is 1.72. The summed E-state index contributed by atoms with van der Waals surface area (Å²) in [4.78, 5) is 12.8. The van der Waals surface area contributed by atoms with Gasteiger partial charge < -0.3 is 0 Å². The van der Waals surface area contributed by atoms with Crippen molar-refractivity contribution in [1.82, 2.24) is 15.0 Å². The molecule has 0 aliphatic heterocycles. The van der Waals surface area contributed by atoms with Crippen LogP contribution in [0.2, 0.25) is 0 Å². The van der Waals surface area contributed by atoms with Crippen molar-refractivity contribution in [2.75, 3.05) is 0 Å². The Morgan fingerprint density at radius 2 is 1.79 bits per heavy atom. The normalized spacial score (nSPS) is 10.6. The molecule has 0 amide bonds. The molecular weight excluding hydrogens is 301 g/mol. The van der Waals surface area contributed by atoms with Gasteiger partial charge in [0, 0.05) is 0 Å². The van der Waals surface area contributed by atoms with E-state index in [0.717, 1.165) is 21.3 Å². The molecule has 0 N–H and O–H groups in total. The zero-order valence-electron chi connectivity index (χ0n) is 10.4. The molecule has 0 radical (unpaired) electrons. The maximum absolute atomic E-state index is 5.74. The molecular formula is C14H12AsN3O. The van der Waals surface area contributed by atoms with E-state index in [2.05, 4.69) is 15.0 Å². The van der Waals surface area contributed by atoms with Crippen molar-refractivity contribution >= 4 is 32.4 Å². The van der Waals surface area contributed by atoms with Gasteiger partial charge in [0.1, 0.15) is 0 Å². The molecule has 19 heavy (non-hydrogen) atoms. The Kier molecular flexibility index (Phi) is 3.18. The van der Waals surface area contributed by atoms with E-state index in [9.17, 15) is 0 Å². The van der Waals surface area contributed by atoms with Gasteiger partial charge in [-0.3, -0.25) is 0 Å². The van der Waals surface area contributed by atoms with E-state index in [0.29, 0.717) is 5.88 Å². The average Bonchev–Trinajstić information content (AvgIpc) is 2.42. The Labute approximate surface area is 119 Å². The first-order valence-electron chi connectivity index (χ1n) is 5.84. The number of ether oxygens (including phenoxy) is 1. The summed E-state index contributed by atoms with van der Waals surface area (Å²) in [5, 5.41) is 0. The van der Waals surface area contributed by atoms with Crippen molar-refractivity contribution in [2.45, 2.75) is 6.92 Å². The van der Waals surface area contributed by atoms with Crippen LogP contribution in [0.15, 0.2) is 42.7 Å². The molecule has 2 aromatic heterocycles. The molecule has 0 saturated heterocycles. The van der Waals surface area contributed by atoms with Gasteiger partial charge in [0.2, 0.25) is 0 Å².